The second kappa shape index (κ2) is 6.28. The van der Waals surface area contributed by atoms with Crippen LogP contribution in [0.4, 0.5) is 4.39 Å². The van der Waals surface area contributed by atoms with Gasteiger partial charge in [-0.3, -0.25) is 0 Å². The fraction of sp³-hybridized carbons (Fsp3) is 0. The molecule has 5 aromatic rings. The van der Waals surface area contributed by atoms with Crippen molar-refractivity contribution in [2.24, 2.45) is 0 Å². The van der Waals surface area contributed by atoms with Crippen molar-refractivity contribution in [1.29, 1.82) is 0 Å². The maximum Gasteiger partial charge on any atom is 0.139 e. The van der Waals surface area contributed by atoms with Gasteiger partial charge in [0.15, 0.2) is 0 Å². The molecule has 2 aromatic heterocycles. The summed E-state index contributed by atoms with van der Waals surface area (Å²) in [6.45, 7) is 0. The third kappa shape index (κ3) is 2.90. The highest BCUT2D eigenvalue weighted by Gasteiger charge is 2.13. The number of nitrogens with one attached hydrogen (secondary N) is 1. The zero-order valence-electron chi connectivity index (χ0n) is 14.1. The first-order valence-electron chi connectivity index (χ1n) is 8.49. The van der Waals surface area contributed by atoms with Gasteiger partial charge in [0.1, 0.15) is 11.6 Å². The van der Waals surface area contributed by atoms with Crippen molar-refractivity contribution in [3.63, 3.8) is 0 Å². The molecule has 0 unspecified atom stereocenters. The van der Waals surface area contributed by atoms with Gasteiger partial charge in [-0.25, -0.2) is 14.4 Å². The van der Waals surface area contributed by atoms with Gasteiger partial charge in [-0.1, -0.05) is 40.2 Å². The van der Waals surface area contributed by atoms with Gasteiger partial charge in [0.2, 0.25) is 0 Å². The Morgan fingerprint density at radius 3 is 2.44 bits per heavy atom. The summed E-state index contributed by atoms with van der Waals surface area (Å²) in [4.78, 5) is 12.8. The van der Waals surface area contributed by atoms with Gasteiger partial charge < -0.3 is 4.98 Å². The number of para-hydroxylation sites is 2. The Morgan fingerprint density at radius 1 is 0.815 bits per heavy atom. The van der Waals surface area contributed by atoms with E-state index in [4.69, 9.17) is 9.97 Å². The predicted octanol–water partition coefficient (Wildman–Crippen LogP) is 6.35. The minimum atomic E-state index is -0.293. The molecule has 3 aromatic carbocycles. The average molecular weight is 418 g/mol. The zero-order chi connectivity index (χ0) is 18.4. The lowest BCUT2D eigenvalue weighted by Gasteiger charge is -2.09. The van der Waals surface area contributed by atoms with Crippen LogP contribution in [0.5, 0.6) is 0 Å². The van der Waals surface area contributed by atoms with Crippen LogP contribution in [-0.4, -0.2) is 15.0 Å². The summed E-state index contributed by atoms with van der Waals surface area (Å²) in [7, 11) is 0. The van der Waals surface area contributed by atoms with Gasteiger partial charge in [0.25, 0.3) is 0 Å². The van der Waals surface area contributed by atoms with Crippen LogP contribution in [0.2, 0.25) is 0 Å². The molecule has 0 bridgehead atoms. The molecule has 0 aliphatic rings. The van der Waals surface area contributed by atoms with Crippen LogP contribution in [0.25, 0.3) is 44.6 Å². The number of halogens is 2. The number of pyridine rings is 1. The lowest BCUT2D eigenvalue weighted by molar-refractivity contribution is 0.629. The van der Waals surface area contributed by atoms with Crippen LogP contribution in [0.15, 0.2) is 77.3 Å². The van der Waals surface area contributed by atoms with E-state index in [1.165, 1.54) is 12.1 Å². The molecule has 0 fully saturated rings. The monoisotopic (exact) mass is 417 g/mol. The Kier molecular flexibility index (Phi) is 3.76. The third-order valence-corrected chi connectivity index (χ3v) is 5.08. The molecule has 1 N–H and O–H groups in total. The van der Waals surface area contributed by atoms with E-state index in [0.717, 1.165) is 43.2 Å². The van der Waals surface area contributed by atoms with Crippen LogP contribution < -0.4 is 0 Å². The molecule has 27 heavy (non-hydrogen) atoms. The van der Waals surface area contributed by atoms with E-state index < -0.39 is 0 Å². The molecule has 0 saturated carbocycles. The number of rotatable bonds is 2. The summed E-state index contributed by atoms with van der Waals surface area (Å²) >= 11 is 3.46. The summed E-state index contributed by atoms with van der Waals surface area (Å²) in [5.74, 6) is 0.408. The van der Waals surface area contributed by atoms with Gasteiger partial charge >= 0.3 is 0 Å². The number of nitrogens with zero attached hydrogens (tertiary/aromatic N) is 2. The summed E-state index contributed by atoms with van der Waals surface area (Å²) in [6.07, 6.45) is 0. The van der Waals surface area contributed by atoms with Crippen molar-refractivity contribution in [3.8, 4) is 22.6 Å². The minimum absolute atomic E-state index is 0.293. The van der Waals surface area contributed by atoms with Crippen molar-refractivity contribution in [1.82, 2.24) is 15.0 Å². The van der Waals surface area contributed by atoms with E-state index in [1.807, 2.05) is 54.6 Å². The Balaban J connectivity index is 1.80. The number of aromatic amines is 1. The van der Waals surface area contributed by atoms with E-state index in [-0.39, 0.29) is 5.82 Å². The predicted molar refractivity (Wildman–Crippen MR) is 110 cm³/mol. The highest BCUT2D eigenvalue weighted by molar-refractivity contribution is 9.10. The van der Waals surface area contributed by atoms with Gasteiger partial charge in [-0.2, -0.15) is 0 Å². The number of hydrogen-bond donors (Lipinski definition) is 1. The number of aromatic nitrogens is 3. The lowest BCUT2D eigenvalue weighted by Crippen LogP contribution is -1.92. The van der Waals surface area contributed by atoms with E-state index in [2.05, 4.69) is 20.9 Å². The molecule has 2 heterocycles. The molecule has 0 aliphatic carbocycles. The molecule has 0 amide bonds. The molecule has 5 heteroatoms. The first kappa shape index (κ1) is 16.1. The number of imidazole rings is 1. The molecule has 5 rings (SSSR count). The van der Waals surface area contributed by atoms with E-state index >= 15 is 0 Å². The number of fused-ring (bicyclic) bond motifs is 2. The second-order valence-corrected chi connectivity index (χ2v) is 7.24. The largest absolute Gasteiger partial charge is 0.338 e. The van der Waals surface area contributed by atoms with Crippen LogP contribution >= 0.6 is 15.9 Å². The Hall–Kier alpha value is -3.05. The normalized spacial score (nSPS) is 11.3. The van der Waals surface area contributed by atoms with Crippen LogP contribution in [0.3, 0.4) is 0 Å². The third-order valence-electron chi connectivity index (χ3n) is 4.56. The highest BCUT2D eigenvalue weighted by atomic mass is 79.9. The summed E-state index contributed by atoms with van der Waals surface area (Å²) in [5, 5.41) is 0.731. The van der Waals surface area contributed by atoms with Gasteiger partial charge in [0.05, 0.1) is 22.2 Å². The van der Waals surface area contributed by atoms with Gasteiger partial charge in [-0.15, -0.1) is 0 Å². The number of H-pyrrole nitrogens is 1. The average Bonchev–Trinajstić information content (AvgIpc) is 3.12. The molecular weight excluding hydrogens is 405 g/mol. The molecule has 0 saturated heterocycles. The molecule has 0 aliphatic heterocycles. The maximum atomic E-state index is 13.9. The van der Waals surface area contributed by atoms with Crippen molar-refractivity contribution >= 4 is 37.9 Å². The van der Waals surface area contributed by atoms with Crippen molar-refractivity contribution in [2.45, 2.75) is 0 Å². The zero-order valence-corrected chi connectivity index (χ0v) is 15.7. The Bertz CT molecular complexity index is 1260. The standard InChI is InChI=1S/C22H13BrFN3/c23-14-7-5-13(6-8-14)21-12-17(16-11-15(24)9-10-18(16)25-21)22-26-19-3-1-2-4-20(19)27-22/h1-12H,(H,26,27). The maximum absolute atomic E-state index is 13.9. The van der Waals surface area contributed by atoms with Crippen molar-refractivity contribution < 1.29 is 4.39 Å². The first-order chi connectivity index (χ1) is 13.2. The Labute approximate surface area is 163 Å². The van der Waals surface area contributed by atoms with Crippen LogP contribution in [-0.2, 0) is 0 Å². The fourth-order valence-corrected chi connectivity index (χ4v) is 3.51. The molecule has 0 radical (unpaired) electrons. The minimum Gasteiger partial charge on any atom is -0.338 e. The number of hydrogen-bond acceptors (Lipinski definition) is 2. The van der Waals surface area contributed by atoms with E-state index in [1.54, 1.807) is 6.07 Å². The highest BCUT2D eigenvalue weighted by Crippen LogP contribution is 2.32. The SMILES string of the molecule is Fc1ccc2nc(-c3ccc(Br)cc3)cc(-c3nc4ccccc4[nH]3)c2c1. The molecule has 130 valence electrons. The number of benzene rings is 3. The first-order valence-corrected chi connectivity index (χ1v) is 9.28. The summed E-state index contributed by atoms with van der Waals surface area (Å²) in [5.41, 5.74) is 5.18. The Morgan fingerprint density at radius 2 is 1.63 bits per heavy atom. The lowest BCUT2D eigenvalue weighted by atomic mass is 10.0. The van der Waals surface area contributed by atoms with E-state index in [0.29, 0.717) is 5.82 Å². The van der Waals surface area contributed by atoms with Gasteiger partial charge in [0, 0.05) is 21.0 Å². The topological polar surface area (TPSA) is 41.6 Å². The summed E-state index contributed by atoms with van der Waals surface area (Å²) < 4.78 is 14.9. The van der Waals surface area contributed by atoms with Crippen molar-refractivity contribution in [2.75, 3.05) is 0 Å². The smallest absolute Gasteiger partial charge is 0.139 e. The second-order valence-electron chi connectivity index (χ2n) is 6.33. The van der Waals surface area contributed by atoms with E-state index in [9.17, 15) is 4.39 Å². The molecular formula is C22H13BrFN3. The quantitative estimate of drug-likeness (QED) is 0.363. The molecule has 0 spiro atoms. The van der Waals surface area contributed by atoms with Crippen molar-refractivity contribution in [3.05, 3.63) is 83.1 Å². The van der Waals surface area contributed by atoms with Crippen LogP contribution in [0, 0.1) is 5.82 Å². The van der Waals surface area contributed by atoms with Crippen LogP contribution in [0.1, 0.15) is 0 Å². The fourth-order valence-electron chi connectivity index (χ4n) is 3.24. The molecule has 3 nitrogen and oxygen atoms in total. The van der Waals surface area contributed by atoms with Gasteiger partial charge in [-0.05, 0) is 48.5 Å². The summed E-state index contributed by atoms with van der Waals surface area (Å²) in [6, 6.07) is 22.4. The molecule has 0 atom stereocenters.